The average Bonchev–Trinajstić information content (AvgIpc) is 2.39. The van der Waals surface area contributed by atoms with Crippen LogP contribution in [0.2, 0.25) is 0 Å². The number of hydrogen-bond donors (Lipinski definition) is 1. The molecule has 3 nitrogen and oxygen atoms in total. The lowest BCUT2D eigenvalue weighted by molar-refractivity contribution is 0.199. The second-order valence-electron chi connectivity index (χ2n) is 3.99. The molecule has 0 saturated heterocycles. The lowest BCUT2D eigenvalue weighted by Gasteiger charge is -2.06. The van der Waals surface area contributed by atoms with E-state index in [0.717, 1.165) is 31.6 Å². The molecule has 17 heavy (non-hydrogen) atoms. The normalized spacial score (nSPS) is 10.9. The van der Waals surface area contributed by atoms with E-state index in [0.29, 0.717) is 0 Å². The van der Waals surface area contributed by atoms with Gasteiger partial charge in [-0.3, -0.25) is 4.98 Å². The van der Waals surface area contributed by atoms with Gasteiger partial charge in [0.1, 0.15) is 0 Å². The highest BCUT2D eigenvalue weighted by molar-refractivity contribution is 5.81. The molecule has 90 valence electrons. The fourth-order valence-corrected chi connectivity index (χ4v) is 1.89. The van der Waals surface area contributed by atoms with Crippen LogP contribution in [-0.4, -0.2) is 31.8 Å². The Labute approximate surface area is 102 Å². The predicted octanol–water partition coefficient (Wildman–Crippen LogP) is 2.01. The Morgan fingerprint density at radius 1 is 1.18 bits per heavy atom. The van der Waals surface area contributed by atoms with Crippen LogP contribution < -0.4 is 5.32 Å². The molecular formula is C14H18N2O. The van der Waals surface area contributed by atoms with E-state index in [4.69, 9.17) is 4.74 Å². The van der Waals surface area contributed by atoms with Crippen molar-refractivity contribution in [3.8, 4) is 0 Å². The third-order valence-electron chi connectivity index (χ3n) is 2.77. The van der Waals surface area contributed by atoms with Gasteiger partial charge in [0.15, 0.2) is 0 Å². The average molecular weight is 230 g/mol. The van der Waals surface area contributed by atoms with Gasteiger partial charge in [-0.1, -0.05) is 24.3 Å². The third-order valence-corrected chi connectivity index (χ3v) is 2.77. The Bertz CT molecular complexity index is 465. The van der Waals surface area contributed by atoms with Gasteiger partial charge in [0.25, 0.3) is 0 Å². The maximum atomic E-state index is 4.99. The molecule has 0 unspecified atom stereocenters. The highest BCUT2D eigenvalue weighted by atomic mass is 16.5. The smallest absolute Gasteiger partial charge is 0.0734 e. The van der Waals surface area contributed by atoms with Crippen molar-refractivity contribution < 1.29 is 4.74 Å². The van der Waals surface area contributed by atoms with E-state index in [1.54, 1.807) is 7.11 Å². The van der Waals surface area contributed by atoms with Gasteiger partial charge in [0, 0.05) is 25.2 Å². The molecule has 0 atom stereocenters. The number of benzene rings is 1. The van der Waals surface area contributed by atoms with Crippen LogP contribution in [0.15, 0.2) is 36.5 Å². The molecule has 2 aromatic rings. The number of pyridine rings is 1. The maximum absolute atomic E-state index is 4.99. The van der Waals surface area contributed by atoms with Crippen molar-refractivity contribution in [3.05, 3.63) is 42.1 Å². The first-order valence-electron chi connectivity index (χ1n) is 5.94. The zero-order valence-corrected chi connectivity index (χ0v) is 10.1. The number of para-hydroxylation sites is 1. The van der Waals surface area contributed by atoms with Crippen LogP contribution >= 0.6 is 0 Å². The summed E-state index contributed by atoms with van der Waals surface area (Å²) < 4.78 is 4.99. The number of hydrogen-bond acceptors (Lipinski definition) is 3. The highest BCUT2D eigenvalue weighted by Gasteiger charge is 2.00. The van der Waals surface area contributed by atoms with Crippen LogP contribution in [0.1, 0.15) is 5.56 Å². The van der Waals surface area contributed by atoms with Crippen LogP contribution in [0.4, 0.5) is 0 Å². The molecule has 2 rings (SSSR count). The Morgan fingerprint density at radius 2 is 2.06 bits per heavy atom. The summed E-state index contributed by atoms with van der Waals surface area (Å²) in [6.07, 6.45) is 2.85. The van der Waals surface area contributed by atoms with Crippen molar-refractivity contribution in [2.45, 2.75) is 6.42 Å². The molecule has 0 aliphatic heterocycles. The lowest BCUT2D eigenvalue weighted by atomic mass is 10.1. The topological polar surface area (TPSA) is 34.1 Å². The molecular weight excluding hydrogens is 212 g/mol. The van der Waals surface area contributed by atoms with Crippen molar-refractivity contribution in [3.63, 3.8) is 0 Å². The molecule has 0 aliphatic carbocycles. The summed E-state index contributed by atoms with van der Waals surface area (Å²) in [5.74, 6) is 0. The van der Waals surface area contributed by atoms with Crippen LogP contribution in [0.5, 0.6) is 0 Å². The Kier molecular flexibility index (Phi) is 4.47. The number of rotatable bonds is 6. The zero-order chi connectivity index (χ0) is 11.9. The molecule has 1 N–H and O–H groups in total. The Hall–Kier alpha value is -1.45. The second-order valence-corrected chi connectivity index (χ2v) is 3.99. The molecule has 1 aromatic heterocycles. The number of fused-ring (bicyclic) bond motifs is 1. The molecule has 0 saturated carbocycles. The lowest BCUT2D eigenvalue weighted by Crippen LogP contribution is -2.21. The summed E-state index contributed by atoms with van der Waals surface area (Å²) in [7, 11) is 1.72. The van der Waals surface area contributed by atoms with E-state index in [-0.39, 0.29) is 0 Å². The van der Waals surface area contributed by atoms with E-state index >= 15 is 0 Å². The number of ether oxygens (including phenoxy) is 1. The molecule has 3 heteroatoms. The van der Waals surface area contributed by atoms with Gasteiger partial charge in [0.05, 0.1) is 12.1 Å². The Morgan fingerprint density at radius 3 is 2.94 bits per heavy atom. The molecule has 0 spiro atoms. The second kappa shape index (κ2) is 6.33. The van der Waals surface area contributed by atoms with Gasteiger partial charge in [-0.2, -0.15) is 0 Å². The van der Waals surface area contributed by atoms with Gasteiger partial charge in [0.2, 0.25) is 0 Å². The Balaban J connectivity index is 1.98. The predicted molar refractivity (Wildman–Crippen MR) is 70.2 cm³/mol. The van der Waals surface area contributed by atoms with Crippen molar-refractivity contribution in [2.24, 2.45) is 0 Å². The molecule has 0 fully saturated rings. The molecule has 0 amide bonds. The number of nitrogens with one attached hydrogen (secondary N) is 1. The van der Waals surface area contributed by atoms with Crippen molar-refractivity contribution in [1.82, 2.24) is 10.3 Å². The van der Waals surface area contributed by atoms with E-state index in [2.05, 4.69) is 34.6 Å². The van der Waals surface area contributed by atoms with Gasteiger partial charge in [-0.05, 0) is 24.6 Å². The van der Waals surface area contributed by atoms with Crippen LogP contribution in [0.3, 0.4) is 0 Å². The summed E-state index contributed by atoms with van der Waals surface area (Å²) in [5.41, 5.74) is 2.41. The summed E-state index contributed by atoms with van der Waals surface area (Å²) in [5, 5.41) is 4.56. The fourth-order valence-electron chi connectivity index (χ4n) is 1.89. The van der Waals surface area contributed by atoms with Crippen LogP contribution in [0.25, 0.3) is 10.9 Å². The summed E-state index contributed by atoms with van der Waals surface area (Å²) >= 11 is 0. The summed E-state index contributed by atoms with van der Waals surface area (Å²) in [6, 6.07) is 10.4. The quantitative estimate of drug-likeness (QED) is 0.771. The standard InChI is InChI=1S/C14H18N2O/c1-17-11-10-15-9-7-13-5-2-4-12-6-3-8-16-14(12)13/h2-6,8,15H,7,9-11H2,1H3. The monoisotopic (exact) mass is 230 g/mol. The minimum atomic E-state index is 0.758. The largest absolute Gasteiger partial charge is 0.383 e. The molecule has 0 aliphatic rings. The summed E-state index contributed by atoms with van der Waals surface area (Å²) in [6.45, 7) is 2.61. The van der Waals surface area contributed by atoms with E-state index in [9.17, 15) is 0 Å². The van der Waals surface area contributed by atoms with E-state index < -0.39 is 0 Å². The van der Waals surface area contributed by atoms with Crippen LogP contribution in [-0.2, 0) is 11.2 Å². The number of methoxy groups -OCH3 is 1. The maximum Gasteiger partial charge on any atom is 0.0734 e. The van der Waals surface area contributed by atoms with Gasteiger partial charge < -0.3 is 10.1 Å². The minimum absolute atomic E-state index is 0.758. The first-order valence-corrected chi connectivity index (χ1v) is 5.94. The molecule has 1 aromatic carbocycles. The first-order chi connectivity index (χ1) is 8.42. The molecule has 0 radical (unpaired) electrons. The SMILES string of the molecule is COCCNCCc1cccc2cccnc12. The van der Waals surface area contributed by atoms with Crippen molar-refractivity contribution in [2.75, 3.05) is 26.8 Å². The molecule has 0 bridgehead atoms. The van der Waals surface area contributed by atoms with E-state index in [1.807, 2.05) is 12.3 Å². The zero-order valence-electron chi connectivity index (χ0n) is 10.1. The highest BCUT2D eigenvalue weighted by Crippen LogP contribution is 2.15. The van der Waals surface area contributed by atoms with Crippen LogP contribution in [0, 0.1) is 0 Å². The number of nitrogens with zero attached hydrogens (tertiary/aromatic N) is 1. The van der Waals surface area contributed by atoms with Crippen molar-refractivity contribution >= 4 is 10.9 Å². The minimum Gasteiger partial charge on any atom is -0.383 e. The fraction of sp³-hybridized carbons (Fsp3) is 0.357. The molecule has 1 heterocycles. The third kappa shape index (κ3) is 3.25. The van der Waals surface area contributed by atoms with Gasteiger partial charge in [-0.15, -0.1) is 0 Å². The van der Waals surface area contributed by atoms with Crippen molar-refractivity contribution in [1.29, 1.82) is 0 Å². The number of aromatic nitrogens is 1. The summed E-state index contributed by atoms with van der Waals surface area (Å²) in [4.78, 5) is 4.44. The first kappa shape index (κ1) is 12.0. The van der Waals surface area contributed by atoms with Gasteiger partial charge in [-0.25, -0.2) is 0 Å². The van der Waals surface area contributed by atoms with Gasteiger partial charge >= 0.3 is 0 Å². The van der Waals surface area contributed by atoms with E-state index in [1.165, 1.54) is 10.9 Å².